The van der Waals surface area contributed by atoms with Crippen LogP contribution in [0.3, 0.4) is 0 Å². The van der Waals surface area contributed by atoms with Gasteiger partial charge in [-0.1, -0.05) is 12.2 Å². The molecule has 1 aliphatic heterocycles. The van der Waals surface area contributed by atoms with Crippen molar-refractivity contribution >= 4 is 12.6 Å². The first kappa shape index (κ1) is 11.1. The molecule has 0 amide bonds. The summed E-state index contributed by atoms with van der Waals surface area (Å²) < 4.78 is 5.64. The molecule has 1 heterocycles. The minimum atomic E-state index is 0.369. The van der Waals surface area contributed by atoms with Gasteiger partial charge in [0.15, 0.2) is 0 Å². The molecule has 0 aromatic rings. The maximum Gasteiger partial charge on any atom is 0.0678 e. The number of thiol groups is 1. The number of nitrogens with zero attached hydrogens (tertiary/aromatic N) is 1. The highest BCUT2D eigenvalue weighted by atomic mass is 32.1. The number of hydrogen-bond donors (Lipinski definition) is 1. The molecule has 1 aliphatic rings. The lowest BCUT2D eigenvalue weighted by Gasteiger charge is -2.34. The van der Waals surface area contributed by atoms with E-state index < -0.39 is 0 Å². The summed E-state index contributed by atoms with van der Waals surface area (Å²) in [5.41, 5.74) is 0. The Labute approximate surface area is 86.4 Å². The number of morpholine rings is 1. The second-order valence-corrected chi connectivity index (χ2v) is 3.99. The first-order chi connectivity index (χ1) is 6.22. The second kappa shape index (κ2) is 5.68. The topological polar surface area (TPSA) is 12.5 Å². The Bertz CT molecular complexity index is 162. The van der Waals surface area contributed by atoms with Crippen molar-refractivity contribution in [3.8, 4) is 0 Å². The maximum absolute atomic E-state index is 5.64. The van der Waals surface area contributed by atoms with E-state index in [-0.39, 0.29) is 0 Å². The molecule has 0 saturated carbocycles. The SMILES string of the molecule is C[C@@H]1CN(C/C=C/CS)C[C@H](C)O1. The Hall–Kier alpha value is 0.01000. The molecule has 3 heteroatoms. The van der Waals surface area contributed by atoms with Gasteiger partial charge in [0.2, 0.25) is 0 Å². The highest BCUT2D eigenvalue weighted by molar-refractivity contribution is 7.80. The lowest BCUT2D eigenvalue weighted by Crippen LogP contribution is -2.45. The van der Waals surface area contributed by atoms with Crippen LogP contribution in [0.5, 0.6) is 0 Å². The molecule has 0 aromatic carbocycles. The van der Waals surface area contributed by atoms with Gasteiger partial charge in [0.1, 0.15) is 0 Å². The summed E-state index contributed by atoms with van der Waals surface area (Å²) in [6.45, 7) is 7.37. The van der Waals surface area contributed by atoms with E-state index in [9.17, 15) is 0 Å². The van der Waals surface area contributed by atoms with E-state index in [1.165, 1.54) is 0 Å². The minimum Gasteiger partial charge on any atom is -0.373 e. The fourth-order valence-corrected chi connectivity index (χ4v) is 1.88. The summed E-state index contributed by atoms with van der Waals surface area (Å²) in [6.07, 6.45) is 5.01. The standard InChI is InChI=1S/C10H19NOS/c1-9-7-11(5-3-4-6-13)8-10(2)12-9/h3-4,9-10,13H,5-8H2,1-2H3/b4-3+/t9-,10+. The van der Waals surface area contributed by atoms with E-state index in [1.54, 1.807) is 0 Å². The van der Waals surface area contributed by atoms with Crippen LogP contribution in [0.1, 0.15) is 13.8 Å². The van der Waals surface area contributed by atoms with Crippen LogP contribution in [0, 0.1) is 0 Å². The number of hydrogen-bond acceptors (Lipinski definition) is 3. The summed E-state index contributed by atoms with van der Waals surface area (Å²) >= 11 is 4.12. The molecule has 76 valence electrons. The normalized spacial score (nSPS) is 31.3. The lowest BCUT2D eigenvalue weighted by molar-refractivity contribution is -0.0646. The van der Waals surface area contributed by atoms with E-state index in [2.05, 4.69) is 43.5 Å². The molecule has 0 N–H and O–H groups in total. The molecule has 13 heavy (non-hydrogen) atoms. The summed E-state index contributed by atoms with van der Waals surface area (Å²) in [5.74, 6) is 0.829. The van der Waals surface area contributed by atoms with Crippen molar-refractivity contribution in [2.75, 3.05) is 25.4 Å². The smallest absolute Gasteiger partial charge is 0.0678 e. The number of rotatable bonds is 3. The van der Waals surface area contributed by atoms with Crippen molar-refractivity contribution in [1.82, 2.24) is 4.90 Å². The molecule has 1 saturated heterocycles. The predicted octanol–water partition coefficient (Wildman–Crippen LogP) is 1.58. The molecule has 0 unspecified atom stereocenters. The van der Waals surface area contributed by atoms with E-state index in [4.69, 9.17) is 4.74 Å². The van der Waals surface area contributed by atoms with Gasteiger partial charge in [-0.25, -0.2) is 0 Å². The third kappa shape index (κ3) is 4.16. The molecule has 2 nitrogen and oxygen atoms in total. The molecule has 0 spiro atoms. The summed E-state index contributed by atoms with van der Waals surface area (Å²) in [7, 11) is 0. The molecule has 0 bridgehead atoms. The van der Waals surface area contributed by atoms with E-state index in [1.807, 2.05) is 0 Å². The van der Waals surface area contributed by atoms with Gasteiger partial charge in [-0.3, -0.25) is 4.90 Å². The van der Waals surface area contributed by atoms with Crippen molar-refractivity contribution in [3.63, 3.8) is 0 Å². The highest BCUT2D eigenvalue weighted by Crippen LogP contribution is 2.09. The monoisotopic (exact) mass is 201 g/mol. The lowest BCUT2D eigenvalue weighted by atomic mass is 10.2. The zero-order valence-electron chi connectivity index (χ0n) is 8.44. The van der Waals surface area contributed by atoms with Gasteiger partial charge in [-0.2, -0.15) is 12.6 Å². The highest BCUT2D eigenvalue weighted by Gasteiger charge is 2.20. The first-order valence-electron chi connectivity index (χ1n) is 4.86. The molecule has 2 atom stereocenters. The van der Waals surface area contributed by atoms with Crippen LogP contribution in [0.25, 0.3) is 0 Å². The minimum absolute atomic E-state index is 0.369. The van der Waals surface area contributed by atoms with Crippen LogP contribution >= 0.6 is 12.6 Å². The van der Waals surface area contributed by atoms with Crippen LogP contribution in [-0.4, -0.2) is 42.5 Å². The summed E-state index contributed by atoms with van der Waals surface area (Å²) in [6, 6.07) is 0. The zero-order valence-corrected chi connectivity index (χ0v) is 9.33. The van der Waals surface area contributed by atoms with Crippen LogP contribution in [0.15, 0.2) is 12.2 Å². The van der Waals surface area contributed by atoms with Crippen LogP contribution < -0.4 is 0 Å². The molecule has 1 rings (SSSR count). The molecular formula is C10H19NOS. The van der Waals surface area contributed by atoms with Crippen LogP contribution in [-0.2, 0) is 4.74 Å². The first-order valence-corrected chi connectivity index (χ1v) is 5.49. The molecule has 0 radical (unpaired) electrons. The van der Waals surface area contributed by atoms with Gasteiger partial charge in [0, 0.05) is 25.4 Å². The third-order valence-electron chi connectivity index (χ3n) is 2.13. The molecule has 0 aliphatic carbocycles. The number of ether oxygens (including phenoxy) is 1. The Morgan fingerprint density at radius 1 is 1.31 bits per heavy atom. The van der Waals surface area contributed by atoms with E-state index in [0.29, 0.717) is 12.2 Å². The van der Waals surface area contributed by atoms with Gasteiger partial charge in [-0.05, 0) is 13.8 Å². The van der Waals surface area contributed by atoms with Crippen molar-refractivity contribution in [2.24, 2.45) is 0 Å². The van der Waals surface area contributed by atoms with Crippen molar-refractivity contribution in [2.45, 2.75) is 26.1 Å². The fraction of sp³-hybridized carbons (Fsp3) is 0.800. The van der Waals surface area contributed by atoms with Gasteiger partial charge in [-0.15, -0.1) is 0 Å². The second-order valence-electron chi connectivity index (χ2n) is 3.63. The molecular weight excluding hydrogens is 182 g/mol. The van der Waals surface area contributed by atoms with Gasteiger partial charge in [0.25, 0.3) is 0 Å². The van der Waals surface area contributed by atoms with Crippen LogP contribution in [0.4, 0.5) is 0 Å². The van der Waals surface area contributed by atoms with Crippen molar-refractivity contribution in [3.05, 3.63) is 12.2 Å². The Kier molecular flexibility index (Phi) is 4.84. The maximum atomic E-state index is 5.64. The van der Waals surface area contributed by atoms with Crippen molar-refractivity contribution < 1.29 is 4.74 Å². The largest absolute Gasteiger partial charge is 0.373 e. The Balaban J connectivity index is 2.28. The Morgan fingerprint density at radius 2 is 1.92 bits per heavy atom. The molecule has 0 aromatic heterocycles. The van der Waals surface area contributed by atoms with Gasteiger partial charge < -0.3 is 4.74 Å². The Morgan fingerprint density at radius 3 is 2.46 bits per heavy atom. The summed E-state index contributed by atoms with van der Waals surface area (Å²) in [5, 5.41) is 0. The van der Waals surface area contributed by atoms with Crippen LogP contribution in [0.2, 0.25) is 0 Å². The van der Waals surface area contributed by atoms with Crippen molar-refractivity contribution in [1.29, 1.82) is 0 Å². The van der Waals surface area contributed by atoms with Gasteiger partial charge in [0.05, 0.1) is 12.2 Å². The average Bonchev–Trinajstić information content (AvgIpc) is 2.03. The van der Waals surface area contributed by atoms with Gasteiger partial charge >= 0.3 is 0 Å². The quantitative estimate of drug-likeness (QED) is 0.550. The zero-order chi connectivity index (χ0) is 9.68. The molecule has 1 fully saturated rings. The third-order valence-corrected chi connectivity index (χ3v) is 2.34. The fourth-order valence-electron chi connectivity index (χ4n) is 1.73. The average molecular weight is 201 g/mol. The predicted molar refractivity (Wildman–Crippen MR) is 59.4 cm³/mol. The summed E-state index contributed by atoms with van der Waals surface area (Å²) in [4.78, 5) is 2.42. The van der Waals surface area contributed by atoms with E-state index in [0.717, 1.165) is 25.4 Å². The van der Waals surface area contributed by atoms with E-state index >= 15 is 0 Å².